The van der Waals surface area contributed by atoms with Gasteiger partial charge in [-0.25, -0.2) is 4.79 Å². The van der Waals surface area contributed by atoms with Crippen molar-refractivity contribution < 1.29 is 19.1 Å². The highest BCUT2D eigenvalue weighted by atomic mass is 32.1. The molecule has 1 atom stereocenters. The van der Waals surface area contributed by atoms with Crippen molar-refractivity contribution in [1.29, 1.82) is 0 Å². The maximum absolute atomic E-state index is 12.6. The number of hydrogen-bond donors (Lipinski definition) is 2. The predicted octanol–water partition coefficient (Wildman–Crippen LogP) is 2.27. The molecule has 0 saturated heterocycles. The molecular formula is C16H22N2O4S. The molecule has 0 aromatic carbocycles. The summed E-state index contributed by atoms with van der Waals surface area (Å²) in [6.07, 6.45) is 2.93. The number of esters is 1. The third-order valence-corrected chi connectivity index (χ3v) is 4.88. The fourth-order valence-electron chi connectivity index (χ4n) is 2.62. The van der Waals surface area contributed by atoms with Gasteiger partial charge in [0.15, 0.2) is 6.10 Å². The maximum atomic E-state index is 12.6. The van der Waals surface area contributed by atoms with Crippen LogP contribution in [0.15, 0.2) is 0 Å². The lowest BCUT2D eigenvalue weighted by atomic mass is 9.95. The Morgan fingerprint density at radius 2 is 1.96 bits per heavy atom. The quantitative estimate of drug-likeness (QED) is 0.807. The van der Waals surface area contributed by atoms with Crippen LogP contribution in [0.25, 0.3) is 0 Å². The maximum Gasteiger partial charge on any atom is 0.342 e. The molecule has 0 spiro atoms. The molecule has 2 rings (SSSR count). The Bertz CT molecular complexity index is 624. The highest BCUT2D eigenvalue weighted by Crippen LogP contribution is 2.38. The number of hydrogen-bond acceptors (Lipinski definition) is 5. The van der Waals surface area contributed by atoms with E-state index >= 15 is 0 Å². The highest BCUT2D eigenvalue weighted by Gasteiger charge is 2.29. The van der Waals surface area contributed by atoms with Crippen LogP contribution in [0, 0.1) is 0 Å². The van der Waals surface area contributed by atoms with E-state index in [-0.39, 0.29) is 11.8 Å². The van der Waals surface area contributed by atoms with E-state index in [1.54, 1.807) is 13.8 Å². The average Bonchev–Trinajstić information content (AvgIpc) is 2.84. The number of carbonyl (C=O) groups is 3. The van der Waals surface area contributed by atoms with Gasteiger partial charge in [0, 0.05) is 18.3 Å². The minimum absolute atomic E-state index is 0.227. The Labute approximate surface area is 139 Å². The van der Waals surface area contributed by atoms with Crippen LogP contribution in [0.2, 0.25) is 0 Å². The van der Waals surface area contributed by atoms with E-state index in [9.17, 15) is 14.4 Å². The smallest absolute Gasteiger partial charge is 0.342 e. The van der Waals surface area contributed by atoms with Crippen LogP contribution in [0.4, 0.5) is 5.00 Å². The number of amides is 2. The zero-order valence-electron chi connectivity index (χ0n) is 13.7. The number of likely N-dealkylation sites (N-methyl/N-ethyl adjacent to an activating group) is 1. The molecule has 0 aliphatic heterocycles. The highest BCUT2D eigenvalue weighted by molar-refractivity contribution is 7.17. The molecule has 0 saturated carbocycles. The number of anilines is 1. The zero-order chi connectivity index (χ0) is 17.0. The van der Waals surface area contributed by atoms with Crippen molar-refractivity contribution in [2.24, 2.45) is 0 Å². The molecule has 2 amide bonds. The van der Waals surface area contributed by atoms with E-state index in [0.717, 1.165) is 36.1 Å². The van der Waals surface area contributed by atoms with Gasteiger partial charge in [-0.05, 0) is 45.1 Å². The summed E-state index contributed by atoms with van der Waals surface area (Å²) in [6.45, 7) is 5.23. The lowest BCUT2D eigenvalue weighted by Crippen LogP contribution is -2.35. The Kier molecular flexibility index (Phi) is 5.76. The van der Waals surface area contributed by atoms with Crippen molar-refractivity contribution in [2.45, 2.75) is 52.6 Å². The molecule has 1 aromatic heterocycles. The monoisotopic (exact) mass is 338 g/mol. The molecule has 0 radical (unpaired) electrons. The van der Waals surface area contributed by atoms with Crippen LogP contribution >= 0.6 is 11.3 Å². The van der Waals surface area contributed by atoms with Crippen molar-refractivity contribution in [3.05, 3.63) is 16.0 Å². The van der Waals surface area contributed by atoms with E-state index in [4.69, 9.17) is 4.74 Å². The lowest BCUT2D eigenvalue weighted by molar-refractivity contribution is -0.129. The Hall–Kier alpha value is -1.89. The number of ether oxygens (including phenoxy) is 1. The molecule has 6 nitrogen and oxygen atoms in total. The third-order valence-electron chi connectivity index (χ3n) is 3.67. The molecule has 23 heavy (non-hydrogen) atoms. The average molecular weight is 338 g/mol. The van der Waals surface area contributed by atoms with E-state index in [0.29, 0.717) is 17.1 Å². The van der Waals surface area contributed by atoms with Gasteiger partial charge in [0.1, 0.15) is 5.00 Å². The first-order valence-corrected chi connectivity index (χ1v) is 8.66. The molecule has 126 valence electrons. The van der Waals surface area contributed by atoms with Gasteiger partial charge in [-0.3, -0.25) is 9.59 Å². The Morgan fingerprint density at radius 1 is 1.26 bits per heavy atom. The van der Waals surface area contributed by atoms with Gasteiger partial charge in [0.25, 0.3) is 5.91 Å². The van der Waals surface area contributed by atoms with E-state index in [2.05, 4.69) is 10.6 Å². The van der Waals surface area contributed by atoms with Crippen molar-refractivity contribution in [2.75, 3.05) is 11.9 Å². The fraction of sp³-hybridized carbons (Fsp3) is 0.562. The fourth-order valence-corrected chi connectivity index (χ4v) is 3.94. The van der Waals surface area contributed by atoms with Crippen LogP contribution in [0.5, 0.6) is 0 Å². The summed E-state index contributed by atoms with van der Waals surface area (Å²) in [5.74, 6) is -1.10. The van der Waals surface area contributed by atoms with Crippen molar-refractivity contribution >= 4 is 34.1 Å². The summed E-state index contributed by atoms with van der Waals surface area (Å²) in [5.41, 5.74) is 1.37. The SMILES string of the molecule is CCNC(=O)[C@H](C)OC(=O)c1c(NC(C)=O)sc2c1CCCC2. The van der Waals surface area contributed by atoms with Crippen LogP contribution in [0.3, 0.4) is 0 Å². The molecule has 1 aromatic rings. The van der Waals surface area contributed by atoms with Gasteiger partial charge < -0.3 is 15.4 Å². The first kappa shape index (κ1) is 17.5. The Balaban J connectivity index is 2.25. The number of nitrogens with one attached hydrogen (secondary N) is 2. The number of rotatable bonds is 5. The summed E-state index contributed by atoms with van der Waals surface area (Å²) >= 11 is 1.43. The largest absolute Gasteiger partial charge is 0.449 e. The second-order valence-corrected chi connectivity index (χ2v) is 6.64. The van der Waals surface area contributed by atoms with Crippen molar-refractivity contribution in [3.8, 4) is 0 Å². The van der Waals surface area contributed by atoms with E-state index < -0.39 is 12.1 Å². The van der Waals surface area contributed by atoms with E-state index in [1.807, 2.05) is 0 Å². The van der Waals surface area contributed by atoms with Gasteiger partial charge in [0.05, 0.1) is 5.56 Å². The molecule has 0 bridgehead atoms. The van der Waals surface area contributed by atoms with Crippen LogP contribution in [-0.4, -0.2) is 30.4 Å². The second-order valence-electron chi connectivity index (χ2n) is 5.54. The Morgan fingerprint density at radius 3 is 2.61 bits per heavy atom. The minimum Gasteiger partial charge on any atom is -0.449 e. The van der Waals surface area contributed by atoms with Gasteiger partial charge >= 0.3 is 5.97 Å². The predicted molar refractivity (Wildman–Crippen MR) is 88.8 cm³/mol. The third kappa shape index (κ3) is 4.10. The standard InChI is InChI=1S/C16H22N2O4S/c1-4-17-14(20)9(2)22-16(21)13-11-7-5-6-8-12(11)23-15(13)18-10(3)19/h9H,4-8H2,1-3H3,(H,17,20)(H,18,19)/t9-/m0/s1. The molecule has 1 aliphatic rings. The van der Waals surface area contributed by atoms with Gasteiger partial charge in [0.2, 0.25) is 5.91 Å². The lowest BCUT2D eigenvalue weighted by Gasteiger charge is -2.15. The molecule has 1 heterocycles. The molecular weight excluding hydrogens is 316 g/mol. The van der Waals surface area contributed by atoms with Crippen molar-refractivity contribution in [3.63, 3.8) is 0 Å². The second kappa shape index (κ2) is 7.59. The van der Waals surface area contributed by atoms with Gasteiger partial charge in [-0.1, -0.05) is 0 Å². The molecule has 7 heteroatoms. The minimum atomic E-state index is -0.869. The first-order valence-electron chi connectivity index (χ1n) is 7.84. The molecule has 1 aliphatic carbocycles. The normalized spacial score (nSPS) is 14.6. The summed E-state index contributed by atoms with van der Waals surface area (Å²) < 4.78 is 5.30. The van der Waals surface area contributed by atoms with Crippen LogP contribution < -0.4 is 10.6 Å². The summed E-state index contributed by atoms with van der Waals surface area (Å²) in [5, 5.41) is 5.86. The summed E-state index contributed by atoms with van der Waals surface area (Å²) in [4.78, 5) is 36.8. The zero-order valence-corrected chi connectivity index (χ0v) is 14.5. The number of thiophene rings is 1. The topological polar surface area (TPSA) is 84.5 Å². The van der Waals surface area contributed by atoms with Crippen LogP contribution in [-0.2, 0) is 27.2 Å². The number of aryl methyl sites for hydroxylation is 1. The van der Waals surface area contributed by atoms with E-state index in [1.165, 1.54) is 18.3 Å². The summed E-state index contributed by atoms with van der Waals surface area (Å²) in [7, 11) is 0. The number of carbonyl (C=O) groups excluding carboxylic acids is 3. The number of fused-ring (bicyclic) bond motifs is 1. The van der Waals surface area contributed by atoms with Gasteiger partial charge in [-0.15, -0.1) is 11.3 Å². The molecule has 2 N–H and O–H groups in total. The molecule has 0 fully saturated rings. The van der Waals surface area contributed by atoms with Gasteiger partial charge in [-0.2, -0.15) is 0 Å². The van der Waals surface area contributed by atoms with Crippen molar-refractivity contribution in [1.82, 2.24) is 5.32 Å². The summed E-state index contributed by atoms with van der Waals surface area (Å²) in [6, 6.07) is 0. The van der Waals surface area contributed by atoms with Crippen LogP contribution in [0.1, 0.15) is 54.4 Å². The molecule has 0 unspecified atom stereocenters. The first-order chi connectivity index (χ1) is 10.9.